The third-order valence-corrected chi connectivity index (χ3v) is 3.95. The molecular weight excluding hydrogens is 388 g/mol. The van der Waals surface area contributed by atoms with Crippen molar-refractivity contribution >= 4 is 17.9 Å². The van der Waals surface area contributed by atoms with E-state index in [0.29, 0.717) is 16.9 Å². The summed E-state index contributed by atoms with van der Waals surface area (Å²) in [7, 11) is 4.14. The van der Waals surface area contributed by atoms with E-state index in [9.17, 15) is 13.6 Å². The molecule has 152 valence electrons. The normalized spacial score (nSPS) is 14.6. The van der Waals surface area contributed by atoms with E-state index in [1.807, 2.05) is 0 Å². The Morgan fingerprint density at radius 2 is 1.62 bits per heavy atom. The molecule has 0 N–H and O–H groups in total. The average Bonchev–Trinajstić information content (AvgIpc) is 3.08. The van der Waals surface area contributed by atoms with Gasteiger partial charge in [-0.2, -0.15) is 8.78 Å². The summed E-state index contributed by atoms with van der Waals surface area (Å²) in [5, 5.41) is 0. The Hall–Kier alpha value is -3.62. The lowest BCUT2D eigenvalue weighted by molar-refractivity contribution is -0.129. The molecule has 1 aliphatic heterocycles. The van der Waals surface area contributed by atoms with Gasteiger partial charge in [-0.15, -0.1) is 0 Å². The number of carbonyl (C=O) groups excluding carboxylic acids is 1. The summed E-state index contributed by atoms with van der Waals surface area (Å²) in [6.07, 6.45) is 1.43. The van der Waals surface area contributed by atoms with Crippen molar-refractivity contribution < 1.29 is 37.3 Å². The van der Waals surface area contributed by atoms with Gasteiger partial charge in [-0.25, -0.2) is 9.79 Å². The molecule has 0 spiro atoms. The van der Waals surface area contributed by atoms with Crippen LogP contribution in [0.15, 0.2) is 47.1 Å². The summed E-state index contributed by atoms with van der Waals surface area (Å²) in [6, 6.07) is 9.67. The average molecular weight is 405 g/mol. The Kier molecular flexibility index (Phi) is 5.96. The number of hydrogen-bond donors (Lipinski definition) is 0. The molecule has 3 rings (SSSR count). The fraction of sp³-hybridized carbons (Fsp3) is 0.200. The molecule has 0 radical (unpaired) electrons. The van der Waals surface area contributed by atoms with Crippen molar-refractivity contribution in [1.29, 1.82) is 0 Å². The molecule has 1 heterocycles. The smallest absolute Gasteiger partial charge is 0.387 e. The van der Waals surface area contributed by atoms with Gasteiger partial charge >= 0.3 is 12.6 Å². The van der Waals surface area contributed by atoms with Crippen LogP contribution >= 0.6 is 0 Å². The highest BCUT2D eigenvalue weighted by atomic mass is 19.3. The highest BCUT2D eigenvalue weighted by Gasteiger charge is 2.25. The van der Waals surface area contributed by atoms with Crippen molar-refractivity contribution in [2.24, 2.45) is 4.99 Å². The Morgan fingerprint density at radius 3 is 2.14 bits per heavy atom. The Bertz CT molecular complexity index is 944. The summed E-state index contributed by atoms with van der Waals surface area (Å²) >= 11 is 0. The number of esters is 1. The van der Waals surface area contributed by atoms with Crippen LogP contribution in [0.1, 0.15) is 11.1 Å². The number of ether oxygens (including phenoxy) is 5. The lowest BCUT2D eigenvalue weighted by atomic mass is 10.1. The molecule has 2 aromatic carbocycles. The molecule has 0 atom stereocenters. The summed E-state index contributed by atoms with van der Waals surface area (Å²) in [5.41, 5.74) is 1.05. The molecule has 9 heteroatoms. The van der Waals surface area contributed by atoms with Crippen LogP contribution in [0.5, 0.6) is 23.0 Å². The fourth-order valence-electron chi connectivity index (χ4n) is 2.61. The Balaban J connectivity index is 1.95. The largest absolute Gasteiger partial charge is 0.497 e. The van der Waals surface area contributed by atoms with Crippen molar-refractivity contribution in [3.63, 3.8) is 0 Å². The molecule has 0 saturated carbocycles. The van der Waals surface area contributed by atoms with Crippen LogP contribution in [0.2, 0.25) is 0 Å². The minimum absolute atomic E-state index is 0.0159. The van der Waals surface area contributed by atoms with Crippen LogP contribution in [-0.2, 0) is 9.53 Å². The number of alkyl halides is 2. The molecule has 0 bridgehead atoms. The monoisotopic (exact) mass is 405 g/mol. The molecule has 0 saturated heterocycles. The van der Waals surface area contributed by atoms with Gasteiger partial charge in [0, 0.05) is 5.56 Å². The van der Waals surface area contributed by atoms with Gasteiger partial charge in [-0.3, -0.25) is 0 Å². The molecule has 0 amide bonds. The van der Waals surface area contributed by atoms with Crippen LogP contribution in [0.25, 0.3) is 6.08 Å². The number of halogens is 2. The molecule has 7 nitrogen and oxygen atoms in total. The Morgan fingerprint density at radius 1 is 1.00 bits per heavy atom. The van der Waals surface area contributed by atoms with Gasteiger partial charge in [0.15, 0.2) is 17.2 Å². The SMILES string of the molecule is COc1ccc(C2=NC(=Cc3cc(OC)c(OC(F)F)c(OC)c3)C(=O)O2)cc1. The molecule has 0 aliphatic carbocycles. The van der Waals surface area contributed by atoms with Gasteiger partial charge in [0.25, 0.3) is 0 Å². The van der Waals surface area contributed by atoms with Crippen LogP contribution in [0.3, 0.4) is 0 Å². The van der Waals surface area contributed by atoms with E-state index in [1.165, 1.54) is 32.4 Å². The van der Waals surface area contributed by atoms with Gasteiger partial charge in [0.2, 0.25) is 11.6 Å². The third-order valence-electron chi connectivity index (χ3n) is 3.95. The van der Waals surface area contributed by atoms with Gasteiger partial charge < -0.3 is 23.7 Å². The molecular formula is C20H17F2NO6. The van der Waals surface area contributed by atoms with E-state index < -0.39 is 12.6 Å². The minimum Gasteiger partial charge on any atom is -0.497 e. The first-order valence-electron chi connectivity index (χ1n) is 8.33. The molecule has 0 fully saturated rings. The van der Waals surface area contributed by atoms with Crippen molar-refractivity contribution in [3.8, 4) is 23.0 Å². The molecule has 2 aromatic rings. The molecule has 0 unspecified atom stereocenters. The predicted molar refractivity (Wildman–Crippen MR) is 99.8 cm³/mol. The van der Waals surface area contributed by atoms with Crippen molar-refractivity contribution in [2.45, 2.75) is 6.61 Å². The van der Waals surface area contributed by atoms with E-state index >= 15 is 0 Å². The minimum atomic E-state index is -3.05. The molecule has 1 aliphatic rings. The first-order valence-corrected chi connectivity index (χ1v) is 8.33. The van der Waals surface area contributed by atoms with E-state index in [2.05, 4.69) is 9.73 Å². The van der Waals surface area contributed by atoms with Gasteiger partial charge in [-0.05, 0) is 48.0 Å². The van der Waals surface area contributed by atoms with E-state index in [1.54, 1.807) is 31.4 Å². The lowest BCUT2D eigenvalue weighted by Crippen LogP contribution is -2.06. The Labute approximate surface area is 165 Å². The molecule has 0 aromatic heterocycles. The quantitative estimate of drug-likeness (QED) is 0.517. The number of benzene rings is 2. The van der Waals surface area contributed by atoms with Crippen LogP contribution < -0.4 is 18.9 Å². The predicted octanol–water partition coefficient (Wildman–Crippen LogP) is 3.66. The van der Waals surface area contributed by atoms with Gasteiger partial charge in [0.1, 0.15) is 5.75 Å². The first-order chi connectivity index (χ1) is 13.9. The maximum atomic E-state index is 12.7. The second-order valence-electron chi connectivity index (χ2n) is 5.70. The fourth-order valence-corrected chi connectivity index (χ4v) is 2.61. The summed E-state index contributed by atoms with van der Waals surface area (Å²) in [4.78, 5) is 16.4. The number of hydrogen-bond acceptors (Lipinski definition) is 7. The lowest BCUT2D eigenvalue weighted by Gasteiger charge is -2.14. The van der Waals surface area contributed by atoms with E-state index in [4.69, 9.17) is 18.9 Å². The number of cyclic esters (lactones) is 1. The maximum absolute atomic E-state index is 12.7. The van der Waals surface area contributed by atoms with E-state index in [-0.39, 0.29) is 28.8 Å². The number of aliphatic imine (C=N–C) groups is 1. The summed E-state index contributed by atoms with van der Waals surface area (Å²) in [5.74, 6) is -0.0742. The second kappa shape index (κ2) is 8.59. The summed E-state index contributed by atoms with van der Waals surface area (Å²) in [6.45, 7) is -3.05. The standard InChI is InChI=1S/C20H17F2NO6/c1-25-13-6-4-12(5-7-13)18-23-14(19(24)29-18)8-11-9-15(26-2)17(28-20(21)22)16(10-11)27-3/h4-10,20H,1-3H3. The highest BCUT2D eigenvalue weighted by Crippen LogP contribution is 2.40. The number of rotatable bonds is 7. The zero-order valence-electron chi connectivity index (χ0n) is 15.8. The zero-order valence-corrected chi connectivity index (χ0v) is 15.8. The van der Waals surface area contributed by atoms with Crippen molar-refractivity contribution in [2.75, 3.05) is 21.3 Å². The maximum Gasteiger partial charge on any atom is 0.387 e. The third kappa shape index (κ3) is 4.45. The van der Waals surface area contributed by atoms with E-state index in [0.717, 1.165) is 0 Å². The van der Waals surface area contributed by atoms with Crippen molar-refractivity contribution in [3.05, 3.63) is 53.2 Å². The second-order valence-corrected chi connectivity index (χ2v) is 5.70. The van der Waals surface area contributed by atoms with Crippen LogP contribution in [0.4, 0.5) is 8.78 Å². The first kappa shape index (κ1) is 20.1. The van der Waals surface area contributed by atoms with Crippen molar-refractivity contribution in [1.82, 2.24) is 0 Å². The number of nitrogens with zero attached hydrogens (tertiary/aromatic N) is 1. The molecule has 29 heavy (non-hydrogen) atoms. The number of methoxy groups -OCH3 is 3. The summed E-state index contributed by atoms with van der Waals surface area (Å²) < 4.78 is 50.3. The van der Waals surface area contributed by atoms with Gasteiger partial charge in [0.05, 0.1) is 21.3 Å². The number of carbonyl (C=O) groups is 1. The highest BCUT2D eigenvalue weighted by molar-refractivity contribution is 6.12. The van der Waals surface area contributed by atoms with Gasteiger partial charge in [-0.1, -0.05) is 0 Å². The van der Waals surface area contributed by atoms with Crippen LogP contribution in [-0.4, -0.2) is 39.8 Å². The zero-order chi connectivity index (χ0) is 21.0. The van der Waals surface area contributed by atoms with Crippen LogP contribution in [0, 0.1) is 0 Å². The topological polar surface area (TPSA) is 75.6 Å².